The van der Waals surface area contributed by atoms with Crippen molar-refractivity contribution >= 4 is 12.7 Å². The van der Waals surface area contributed by atoms with Gasteiger partial charge in [-0.2, -0.15) is 0 Å². The molecule has 0 bridgehead atoms. The van der Waals surface area contributed by atoms with Crippen molar-refractivity contribution in [2.24, 2.45) is 5.73 Å². The van der Waals surface area contributed by atoms with Crippen LogP contribution in [-0.4, -0.2) is 38.0 Å². The van der Waals surface area contributed by atoms with Gasteiger partial charge >= 0.3 is 5.97 Å². The Bertz CT molecular complexity index is 284. The summed E-state index contributed by atoms with van der Waals surface area (Å²) in [5.74, 6) is 1.65. The largest absolute Gasteiger partial charge is 0.468 e. The third-order valence-corrected chi connectivity index (χ3v) is 2.82. The number of carbonyl (C=O) groups excluding carboxylic acids is 1. The summed E-state index contributed by atoms with van der Waals surface area (Å²) in [4.78, 5) is 11.3. The predicted octanol–water partition coefficient (Wildman–Crippen LogP) is -0.167. The van der Waals surface area contributed by atoms with Crippen LogP contribution in [0.1, 0.15) is 6.92 Å². The molecule has 0 spiro atoms. The Morgan fingerprint density at radius 2 is 2.33 bits per heavy atom. The lowest BCUT2D eigenvalue weighted by molar-refractivity contribution is -0.151. The first-order valence-corrected chi connectivity index (χ1v) is 4.96. The van der Waals surface area contributed by atoms with Gasteiger partial charge in [0.1, 0.15) is 6.04 Å². The highest BCUT2D eigenvalue weighted by Crippen LogP contribution is 2.39. The second-order valence-electron chi connectivity index (χ2n) is 3.73. The molecule has 0 saturated carbocycles. The molecule has 1 saturated heterocycles. The van der Waals surface area contributed by atoms with Gasteiger partial charge in [0.2, 0.25) is 0 Å². The molecule has 2 N–H and O–H groups in total. The fraction of sp³-hybridized carbons (Fsp3) is 0.778. The Balaban J connectivity index is 2.68. The van der Waals surface area contributed by atoms with Gasteiger partial charge in [-0.25, -0.2) is 5.26 Å². The highest BCUT2D eigenvalue weighted by molar-refractivity contribution is 6.70. The van der Waals surface area contributed by atoms with E-state index < -0.39 is 17.6 Å². The Kier molecular flexibility index (Phi) is 3.72. The van der Waals surface area contributed by atoms with Gasteiger partial charge in [0.25, 0.3) is 6.71 Å². The molecule has 0 aromatic carbocycles. The van der Waals surface area contributed by atoms with Crippen LogP contribution in [0.25, 0.3) is 0 Å². The zero-order chi connectivity index (χ0) is 11.5. The minimum absolute atomic E-state index is 0.0627. The number of hydrogen-bond acceptors (Lipinski definition) is 5. The lowest BCUT2D eigenvalue weighted by atomic mass is 9.30. The summed E-state index contributed by atoms with van der Waals surface area (Å²) in [5.41, 5.74) is 5.07. The average molecular weight is 210 g/mol. The molecule has 1 atom stereocenters. The minimum atomic E-state index is -0.799. The van der Waals surface area contributed by atoms with Gasteiger partial charge in [-0.1, -0.05) is 0 Å². The number of esters is 1. The van der Waals surface area contributed by atoms with Gasteiger partial charge in [-0.3, -0.25) is 4.79 Å². The van der Waals surface area contributed by atoms with E-state index in [-0.39, 0.29) is 6.71 Å². The molecule has 6 heteroatoms. The fourth-order valence-electron chi connectivity index (χ4n) is 1.96. The third kappa shape index (κ3) is 2.14. The topological polar surface area (TPSA) is 85.3 Å². The normalized spacial score (nSPS) is 20.0. The summed E-state index contributed by atoms with van der Waals surface area (Å²) >= 11 is 0. The van der Waals surface area contributed by atoms with Crippen LogP contribution in [0.15, 0.2) is 0 Å². The van der Waals surface area contributed by atoms with Crippen molar-refractivity contribution in [1.82, 2.24) is 0 Å². The molecule has 0 radical (unpaired) electrons. The van der Waals surface area contributed by atoms with Crippen LogP contribution in [0, 0.1) is 11.2 Å². The maximum atomic E-state index is 11.3. The number of nitrogens with zero attached hydrogens (tertiary/aromatic N) is 1. The Morgan fingerprint density at radius 1 is 1.73 bits per heavy atom. The summed E-state index contributed by atoms with van der Waals surface area (Å²) in [5, 5.41) is 8.70. The summed E-state index contributed by atoms with van der Waals surface area (Å²) in [7, 11) is 1.29. The van der Waals surface area contributed by atoms with E-state index >= 15 is 0 Å². The van der Waals surface area contributed by atoms with Crippen molar-refractivity contribution in [1.29, 1.82) is 5.26 Å². The SMILES string of the molecule is CCOC1(C(N)C(=O)OC)CB(C#N)C1. The molecule has 1 aliphatic rings. The number of nitrogens with two attached hydrogens (primary N) is 1. The van der Waals surface area contributed by atoms with Crippen molar-refractivity contribution in [3.63, 3.8) is 0 Å². The van der Waals surface area contributed by atoms with E-state index in [0.29, 0.717) is 19.2 Å². The molecular formula is C9H15BN2O3. The predicted molar refractivity (Wildman–Crippen MR) is 55.3 cm³/mol. The molecule has 1 unspecified atom stereocenters. The van der Waals surface area contributed by atoms with Crippen LogP contribution in [0.4, 0.5) is 0 Å². The van der Waals surface area contributed by atoms with E-state index in [1.54, 1.807) is 0 Å². The van der Waals surface area contributed by atoms with Crippen molar-refractivity contribution < 1.29 is 14.3 Å². The standard InChI is InChI=1S/C9H15BN2O3/c1-3-15-9(4-10(5-9)6-11)7(12)8(13)14-2/h7H,3-5,12H2,1-2H3. The van der Waals surface area contributed by atoms with E-state index in [4.69, 9.17) is 15.7 Å². The second-order valence-corrected chi connectivity index (χ2v) is 3.73. The molecule has 0 aromatic rings. The lowest BCUT2D eigenvalue weighted by Crippen LogP contribution is -2.63. The summed E-state index contributed by atoms with van der Waals surface area (Å²) in [6, 6.07) is -0.799. The van der Waals surface area contributed by atoms with E-state index in [1.165, 1.54) is 7.11 Å². The van der Waals surface area contributed by atoms with E-state index in [0.717, 1.165) is 0 Å². The first-order chi connectivity index (χ1) is 7.09. The van der Waals surface area contributed by atoms with Crippen LogP contribution in [0.3, 0.4) is 0 Å². The molecule has 5 nitrogen and oxygen atoms in total. The fourth-order valence-corrected chi connectivity index (χ4v) is 1.96. The number of carbonyl (C=O) groups is 1. The molecule has 1 aliphatic heterocycles. The average Bonchev–Trinajstić information content (AvgIpc) is 2.20. The van der Waals surface area contributed by atoms with Gasteiger partial charge in [0, 0.05) is 12.6 Å². The summed E-state index contributed by atoms with van der Waals surface area (Å²) < 4.78 is 10.1. The molecule has 82 valence electrons. The maximum absolute atomic E-state index is 11.3. The van der Waals surface area contributed by atoms with Crippen molar-refractivity contribution in [2.75, 3.05) is 13.7 Å². The highest BCUT2D eigenvalue weighted by atomic mass is 16.5. The van der Waals surface area contributed by atoms with E-state index in [2.05, 4.69) is 10.7 Å². The summed E-state index contributed by atoms with van der Waals surface area (Å²) in [6.07, 6.45) is 1.02. The monoisotopic (exact) mass is 210 g/mol. The van der Waals surface area contributed by atoms with Crippen LogP contribution in [0.5, 0.6) is 0 Å². The van der Waals surface area contributed by atoms with Crippen LogP contribution >= 0.6 is 0 Å². The number of rotatable bonds is 4. The lowest BCUT2D eigenvalue weighted by Gasteiger charge is -2.45. The van der Waals surface area contributed by atoms with Crippen molar-refractivity contribution in [3.8, 4) is 5.97 Å². The van der Waals surface area contributed by atoms with Gasteiger partial charge < -0.3 is 15.2 Å². The van der Waals surface area contributed by atoms with Gasteiger partial charge in [-0.15, -0.1) is 0 Å². The number of methoxy groups -OCH3 is 1. The first-order valence-electron chi connectivity index (χ1n) is 4.96. The van der Waals surface area contributed by atoms with E-state index in [9.17, 15) is 4.79 Å². The number of hydrogen-bond donors (Lipinski definition) is 1. The van der Waals surface area contributed by atoms with Gasteiger partial charge in [0.05, 0.1) is 12.7 Å². The molecule has 1 fully saturated rings. The molecule has 1 rings (SSSR count). The Hall–Kier alpha value is -1.06. The smallest absolute Gasteiger partial charge is 0.325 e. The van der Waals surface area contributed by atoms with E-state index in [1.807, 2.05) is 6.92 Å². The zero-order valence-corrected chi connectivity index (χ0v) is 9.03. The molecule has 15 heavy (non-hydrogen) atoms. The molecule has 0 amide bonds. The Morgan fingerprint density at radius 3 is 2.73 bits per heavy atom. The van der Waals surface area contributed by atoms with Gasteiger partial charge in [-0.05, 0) is 19.6 Å². The summed E-state index contributed by atoms with van der Waals surface area (Å²) in [6.45, 7) is 2.25. The zero-order valence-electron chi connectivity index (χ0n) is 9.03. The second kappa shape index (κ2) is 4.64. The quantitative estimate of drug-likeness (QED) is 0.514. The molecule has 0 aromatic heterocycles. The van der Waals surface area contributed by atoms with Crippen LogP contribution in [-0.2, 0) is 14.3 Å². The third-order valence-electron chi connectivity index (χ3n) is 2.82. The number of ether oxygens (including phenoxy) is 2. The van der Waals surface area contributed by atoms with Crippen LogP contribution < -0.4 is 5.73 Å². The maximum Gasteiger partial charge on any atom is 0.325 e. The molecule has 1 heterocycles. The van der Waals surface area contributed by atoms with Crippen LogP contribution in [0.2, 0.25) is 12.6 Å². The first kappa shape index (κ1) is 12.0. The Labute approximate surface area is 89.6 Å². The van der Waals surface area contributed by atoms with Crippen molar-refractivity contribution in [3.05, 3.63) is 0 Å². The minimum Gasteiger partial charge on any atom is -0.468 e. The molecule has 0 aliphatic carbocycles. The van der Waals surface area contributed by atoms with Crippen molar-refractivity contribution in [2.45, 2.75) is 31.2 Å². The van der Waals surface area contributed by atoms with Gasteiger partial charge in [0.15, 0.2) is 0 Å². The number of nitriles is 1. The molecular weight excluding hydrogens is 195 g/mol. The highest BCUT2D eigenvalue weighted by Gasteiger charge is 2.54.